The fourth-order valence-electron chi connectivity index (χ4n) is 5.66. The van der Waals surface area contributed by atoms with E-state index in [0.717, 1.165) is 25.7 Å². The Balaban J connectivity index is 3.00. The highest BCUT2D eigenvalue weighted by molar-refractivity contribution is 5.95. The minimum absolute atomic E-state index is 0.275. The van der Waals surface area contributed by atoms with Crippen molar-refractivity contribution in [2.75, 3.05) is 6.61 Å². The van der Waals surface area contributed by atoms with Crippen LogP contribution in [0.25, 0.3) is 0 Å². The lowest BCUT2D eigenvalue weighted by molar-refractivity contribution is -0.335. The van der Waals surface area contributed by atoms with Crippen LogP contribution in [-0.2, 0) is 28.5 Å². The van der Waals surface area contributed by atoms with E-state index in [4.69, 9.17) is 18.9 Å². The van der Waals surface area contributed by atoms with Gasteiger partial charge in [0.1, 0.15) is 29.5 Å². The summed E-state index contributed by atoms with van der Waals surface area (Å²) in [6.45, 7) is 13.7. The van der Waals surface area contributed by atoms with E-state index < -0.39 is 65.9 Å². The van der Waals surface area contributed by atoms with Gasteiger partial charge in [0.25, 0.3) is 0 Å². The number of ether oxygens (including phenoxy) is 4. The fourth-order valence-corrected chi connectivity index (χ4v) is 5.66. The lowest BCUT2D eigenvalue weighted by atomic mass is 9.81. The second-order valence-corrected chi connectivity index (χ2v) is 15.1. The van der Waals surface area contributed by atoms with Crippen LogP contribution in [0.15, 0.2) is 11.8 Å². The Labute approximate surface area is 284 Å². The van der Waals surface area contributed by atoms with Gasteiger partial charge in [0.05, 0.1) is 12.4 Å². The maximum atomic E-state index is 13.1. The number of hydrogen-bond donors (Lipinski definition) is 4. The Kier molecular flexibility index (Phi) is 19.7. The lowest BCUT2D eigenvalue weighted by Gasteiger charge is -2.48. The van der Waals surface area contributed by atoms with Crippen LogP contribution in [0.3, 0.4) is 0 Å². The maximum Gasteiger partial charge on any atom is 0.320 e. The summed E-state index contributed by atoms with van der Waals surface area (Å²) >= 11 is 0. The summed E-state index contributed by atoms with van der Waals surface area (Å²) < 4.78 is 23.0. The quantitative estimate of drug-likeness (QED) is 0.0426. The summed E-state index contributed by atoms with van der Waals surface area (Å²) in [5, 5.41) is 43.6. The van der Waals surface area contributed by atoms with Crippen molar-refractivity contribution in [2.45, 2.75) is 200 Å². The van der Waals surface area contributed by atoms with Gasteiger partial charge in [-0.3, -0.25) is 9.59 Å². The lowest BCUT2D eigenvalue weighted by Crippen LogP contribution is -2.67. The fraction of sp³-hybridized carbons (Fsp3) is 0.892. The van der Waals surface area contributed by atoms with Crippen molar-refractivity contribution in [1.29, 1.82) is 0 Å². The van der Waals surface area contributed by atoms with Gasteiger partial charge in [0, 0.05) is 6.42 Å². The molecule has 0 saturated carbocycles. The van der Waals surface area contributed by atoms with Gasteiger partial charge >= 0.3 is 11.9 Å². The van der Waals surface area contributed by atoms with E-state index in [1.807, 2.05) is 13.0 Å². The van der Waals surface area contributed by atoms with Gasteiger partial charge in [-0.1, -0.05) is 78.1 Å². The molecule has 0 aromatic heterocycles. The molecule has 1 aliphatic rings. The monoisotopic (exact) mass is 672 g/mol. The third-order valence-electron chi connectivity index (χ3n) is 8.25. The normalized spacial score (nSPS) is 24.0. The van der Waals surface area contributed by atoms with Gasteiger partial charge in [-0.25, -0.2) is 0 Å². The number of esters is 2. The number of unbranched alkanes of at least 4 members (excludes halogenated alkanes) is 11. The Bertz CT molecular complexity index is 893. The molecule has 1 fully saturated rings. The van der Waals surface area contributed by atoms with E-state index in [0.29, 0.717) is 12.2 Å². The third-order valence-corrected chi connectivity index (χ3v) is 8.25. The highest BCUT2D eigenvalue weighted by atomic mass is 16.7. The summed E-state index contributed by atoms with van der Waals surface area (Å²) in [4.78, 5) is 26.2. The molecule has 10 heteroatoms. The number of aliphatic hydroxyl groups excluding tert-OH is 3. The standard InChI is InChI=1S/C37H68O10/c1-9-11-12-13-14-15-16-17-18-19-20-21-23-27(22-10-2)44-34-37(43,31(40)30(39)29(26-38)45-34)25-24-28(32(41)46-35(3,4)5)33(42)47-36(6,7)8/h23,28-31,34,38-40,43H,9-22,24-26H2,1-8H3/t29-,30+,31+,34-,37-/m1/s1. The Morgan fingerprint density at radius 2 is 1.30 bits per heavy atom. The largest absolute Gasteiger partial charge is 0.466 e. The van der Waals surface area contributed by atoms with Crippen molar-refractivity contribution in [3.05, 3.63) is 11.8 Å². The summed E-state index contributed by atoms with van der Waals surface area (Å²) in [7, 11) is 0. The highest BCUT2D eigenvalue weighted by Gasteiger charge is 2.56. The molecule has 0 unspecified atom stereocenters. The average Bonchev–Trinajstić information content (AvgIpc) is 2.96. The second-order valence-electron chi connectivity index (χ2n) is 15.1. The molecule has 4 N–H and O–H groups in total. The van der Waals surface area contributed by atoms with Crippen LogP contribution in [0.5, 0.6) is 0 Å². The van der Waals surface area contributed by atoms with Gasteiger partial charge in [0.15, 0.2) is 11.5 Å². The van der Waals surface area contributed by atoms with Crippen LogP contribution < -0.4 is 0 Å². The molecule has 0 aromatic rings. The van der Waals surface area contributed by atoms with E-state index in [1.165, 1.54) is 57.8 Å². The van der Waals surface area contributed by atoms with E-state index >= 15 is 0 Å². The molecule has 1 rings (SSSR count). The molecule has 0 amide bonds. The Hall–Kier alpha value is -1.72. The minimum atomic E-state index is -2.23. The van der Waals surface area contributed by atoms with Gasteiger partial charge in [-0.15, -0.1) is 0 Å². The number of carbonyl (C=O) groups excluding carboxylic acids is 2. The summed E-state index contributed by atoms with van der Waals surface area (Å²) in [5.41, 5.74) is -3.99. The molecule has 276 valence electrons. The number of hydrogen-bond acceptors (Lipinski definition) is 10. The zero-order valence-electron chi connectivity index (χ0n) is 30.7. The number of aliphatic hydroxyl groups is 4. The van der Waals surface area contributed by atoms with Crippen molar-refractivity contribution in [3.63, 3.8) is 0 Å². The van der Waals surface area contributed by atoms with Crippen LogP contribution in [0.2, 0.25) is 0 Å². The average molecular weight is 673 g/mol. The van der Waals surface area contributed by atoms with Crippen molar-refractivity contribution >= 4 is 11.9 Å². The van der Waals surface area contributed by atoms with E-state index in [9.17, 15) is 30.0 Å². The molecule has 5 atom stereocenters. The molecule has 1 heterocycles. The number of allylic oxidation sites excluding steroid dienone is 2. The van der Waals surface area contributed by atoms with E-state index in [1.54, 1.807) is 41.5 Å². The maximum absolute atomic E-state index is 13.1. The molecule has 1 aliphatic heterocycles. The predicted molar refractivity (Wildman–Crippen MR) is 182 cm³/mol. The van der Waals surface area contributed by atoms with Crippen molar-refractivity contribution in [2.24, 2.45) is 5.92 Å². The molecule has 0 aromatic carbocycles. The molecule has 0 aliphatic carbocycles. The van der Waals surface area contributed by atoms with Crippen LogP contribution in [0.1, 0.15) is 158 Å². The summed E-state index contributed by atoms with van der Waals surface area (Å²) in [6, 6.07) is 0. The summed E-state index contributed by atoms with van der Waals surface area (Å²) in [6.07, 6.45) is 10.9. The minimum Gasteiger partial charge on any atom is -0.466 e. The van der Waals surface area contributed by atoms with Crippen molar-refractivity contribution < 1.29 is 49.0 Å². The Morgan fingerprint density at radius 1 is 0.809 bits per heavy atom. The van der Waals surface area contributed by atoms with E-state index in [2.05, 4.69) is 6.92 Å². The topological polar surface area (TPSA) is 152 Å². The van der Waals surface area contributed by atoms with E-state index in [-0.39, 0.29) is 12.8 Å². The zero-order valence-corrected chi connectivity index (χ0v) is 30.7. The van der Waals surface area contributed by atoms with Crippen LogP contribution in [0.4, 0.5) is 0 Å². The SMILES string of the molecule is CCCCCCCCCCCCCC=C(CCC)O[C@@H]1O[C@H](CO)[C@H](O)[C@H](O)[C@]1(O)CCC(C(=O)OC(C)(C)C)C(=O)OC(C)(C)C. The molecule has 0 radical (unpaired) electrons. The first kappa shape index (κ1) is 43.3. The zero-order chi connectivity index (χ0) is 35.7. The molecule has 1 saturated heterocycles. The predicted octanol–water partition coefficient (Wildman–Crippen LogP) is 6.64. The van der Waals surface area contributed by atoms with Crippen LogP contribution in [0, 0.1) is 5.92 Å². The number of rotatable bonds is 22. The first-order valence-corrected chi connectivity index (χ1v) is 18.1. The first-order chi connectivity index (χ1) is 22.0. The first-order valence-electron chi connectivity index (χ1n) is 18.1. The molecular formula is C37H68O10. The third kappa shape index (κ3) is 16.5. The molecule has 10 nitrogen and oxygen atoms in total. The van der Waals surface area contributed by atoms with Gasteiger partial charge in [-0.2, -0.15) is 0 Å². The van der Waals surface area contributed by atoms with Gasteiger partial charge in [-0.05, 0) is 79.7 Å². The molecule has 47 heavy (non-hydrogen) atoms. The van der Waals surface area contributed by atoms with Gasteiger partial charge in [0.2, 0.25) is 6.29 Å². The Morgan fingerprint density at radius 3 is 1.74 bits per heavy atom. The molecular weight excluding hydrogens is 604 g/mol. The second kappa shape index (κ2) is 21.4. The molecule has 0 bridgehead atoms. The summed E-state index contributed by atoms with van der Waals surface area (Å²) in [5.74, 6) is -2.50. The van der Waals surface area contributed by atoms with Crippen LogP contribution in [-0.4, -0.2) is 80.4 Å². The van der Waals surface area contributed by atoms with Crippen molar-refractivity contribution in [3.8, 4) is 0 Å². The smallest absolute Gasteiger partial charge is 0.320 e. The van der Waals surface area contributed by atoms with Gasteiger partial charge < -0.3 is 39.4 Å². The molecule has 0 spiro atoms. The van der Waals surface area contributed by atoms with Crippen molar-refractivity contribution in [1.82, 2.24) is 0 Å². The number of carbonyl (C=O) groups is 2. The van der Waals surface area contributed by atoms with Crippen LogP contribution >= 0.6 is 0 Å². The highest BCUT2D eigenvalue weighted by Crippen LogP contribution is 2.37.